The molecule has 2 amide bonds. The molecule has 0 bridgehead atoms. The molecule has 0 saturated carbocycles. The Morgan fingerprint density at radius 1 is 1.03 bits per heavy atom. The predicted octanol–water partition coefficient (Wildman–Crippen LogP) is 1.82. The molecule has 2 aromatic carbocycles. The third kappa shape index (κ3) is 6.34. The molecule has 0 spiro atoms. The van der Waals surface area contributed by atoms with Gasteiger partial charge in [-0.25, -0.2) is 5.48 Å². The van der Waals surface area contributed by atoms with Crippen LogP contribution in [0.5, 0.6) is 5.75 Å². The van der Waals surface area contributed by atoms with E-state index in [1.165, 1.54) is 0 Å². The van der Waals surface area contributed by atoms with Gasteiger partial charge in [0, 0.05) is 50.1 Å². The fourth-order valence-corrected chi connectivity index (χ4v) is 5.13. The number of likely N-dealkylation sites (N-methyl/N-ethyl adjacent to an activating group) is 1. The number of hydrogen-bond acceptors (Lipinski definition) is 8. The van der Waals surface area contributed by atoms with E-state index in [4.69, 9.17) is 9.94 Å². The number of ether oxygens (including phenoxy) is 1. The van der Waals surface area contributed by atoms with Crippen LogP contribution in [0.2, 0.25) is 0 Å². The first-order valence-corrected chi connectivity index (χ1v) is 12.4. The molecule has 2 heterocycles. The van der Waals surface area contributed by atoms with E-state index < -0.39 is 5.91 Å². The van der Waals surface area contributed by atoms with Crippen molar-refractivity contribution in [2.75, 3.05) is 52.9 Å². The summed E-state index contributed by atoms with van der Waals surface area (Å²) in [6.45, 7) is 5.76. The molecule has 0 aromatic heterocycles. The summed E-state index contributed by atoms with van der Waals surface area (Å²) >= 11 is 1.77. The molecule has 35 heavy (non-hydrogen) atoms. The van der Waals surface area contributed by atoms with E-state index in [1.54, 1.807) is 41.5 Å². The number of carbonyl (C=O) groups excluding carboxylic acids is 2. The van der Waals surface area contributed by atoms with Gasteiger partial charge < -0.3 is 20.3 Å². The highest BCUT2D eigenvalue weighted by atomic mass is 32.2. The van der Waals surface area contributed by atoms with E-state index >= 15 is 0 Å². The smallest absolute Gasteiger partial charge is 0.274 e. The fourth-order valence-electron chi connectivity index (χ4n) is 4.09. The van der Waals surface area contributed by atoms with Crippen LogP contribution in [-0.4, -0.2) is 79.7 Å². The van der Waals surface area contributed by atoms with Gasteiger partial charge in [0.15, 0.2) is 0 Å². The molecule has 9 nitrogen and oxygen atoms in total. The van der Waals surface area contributed by atoms with Gasteiger partial charge in [-0.05, 0) is 54.4 Å². The molecule has 4 rings (SSSR count). The standard InChI is InChI=1S/C25H31N5O4S/c1-29-12-14-30(15-13-29)18-25(27-11-17-35-25)21-6-2-19(3-7-21)23(31)26-10-16-34-22-8-4-20(5-9-22)24(32)28-33/h2-9,11,17,27,33H,10,12-16,18H2,1H3,(H,26,31)(H,28,32). The summed E-state index contributed by atoms with van der Waals surface area (Å²) < 4.78 is 5.60. The Morgan fingerprint density at radius 2 is 1.69 bits per heavy atom. The zero-order valence-electron chi connectivity index (χ0n) is 19.7. The summed E-state index contributed by atoms with van der Waals surface area (Å²) in [5.74, 6) is -0.175. The number of hydroxylamine groups is 1. The first-order chi connectivity index (χ1) is 17.0. The van der Waals surface area contributed by atoms with Gasteiger partial charge in [-0.1, -0.05) is 23.9 Å². The van der Waals surface area contributed by atoms with Gasteiger partial charge in [0.1, 0.15) is 17.2 Å². The molecular formula is C25H31N5O4S. The summed E-state index contributed by atoms with van der Waals surface area (Å²) in [7, 11) is 2.16. The number of carbonyl (C=O) groups is 2. The van der Waals surface area contributed by atoms with Gasteiger partial charge in [0.05, 0.1) is 6.54 Å². The van der Waals surface area contributed by atoms with Crippen molar-refractivity contribution in [3.63, 3.8) is 0 Å². The van der Waals surface area contributed by atoms with Crippen LogP contribution in [0.25, 0.3) is 0 Å². The SMILES string of the molecule is CN1CCN(CC2(c3ccc(C(=O)NCCOc4ccc(C(=O)NO)cc4)cc3)NC=CS2)CC1. The van der Waals surface area contributed by atoms with Crippen LogP contribution in [0.4, 0.5) is 0 Å². The minimum absolute atomic E-state index is 0.159. The Balaban J connectivity index is 1.27. The van der Waals surface area contributed by atoms with Gasteiger partial charge >= 0.3 is 0 Å². The van der Waals surface area contributed by atoms with E-state index in [1.807, 2.05) is 30.5 Å². The lowest BCUT2D eigenvalue weighted by atomic mass is 10.0. The van der Waals surface area contributed by atoms with Gasteiger partial charge in [0.25, 0.3) is 11.8 Å². The average molecular weight is 498 g/mol. The van der Waals surface area contributed by atoms with E-state index in [2.05, 4.69) is 32.9 Å². The van der Waals surface area contributed by atoms with Gasteiger partial charge in [-0.2, -0.15) is 0 Å². The Bertz CT molecular complexity index is 1030. The topological polar surface area (TPSA) is 106 Å². The van der Waals surface area contributed by atoms with Crippen molar-refractivity contribution in [1.82, 2.24) is 25.9 Å². The fraction of sp³-hybridized carbons (Fsp3) is 0.360. The largest absolute Gasteiger partial charge is 0.492 e. The van der Waals surface area contributed by atoms with Crippen molar-refractivity contribution < 1.29 is 19.5 Å². The molecule has 0 aliphatic carbocycles. The van der Waals surface area contributed by atoms with Crippen LogP contribution >= 0.6 is 11.8 Å². The second kappa shape index (κ2) is 11.6. The van der Waals surface area contributed by atoms with Gasteiger partial charge in [-0.15, -0.1) is 0 Å². The van der Waals surface area contributed by atoms with Crippen LogP contribution < -0.4 is 20.9 Å². The lowest BCUT2D eigenvalue weighted by molar-refractivity contribution is 0.0706. The Morgan fingerprint density at radius 3 is 2.31 bits per heavy atom. The Hall–Kier alpha value is -3.05. The molecule has 186 valence electrons. The zero-order valence-corrected chi connectivity index (χ0v) is 20.5. The van der Waals surface area contributed by atoms with E-state index in [0.717, 1.165) is 38.3 Å². The first kappa shape index (κ1) is 25.1. The molecule has 1 atom stereocenters. The summed E-state index contributed by atoms with van der Waals surface area (Å²) in [4.78, 5) is 28.5. The van der Waals surface area contributed by atoms with Crippen LogP contribution in [0.3, 0.4) is 0 Å². The predicted molar refractivity (Wildman–Crippen MR) is 135 cm³/mol. The Kier molecular flexibility index (Phi) is 8.29. The maximum atomic E-state index is 12.6. The maximum Gasteiger partial charge on any atom is 0.274 e. The normalized spacial score (nSPS) is 20.3. The summed E-state index contributed by atoms with van der Waals surface area (Å²) in [5, 5.41) is 17.2. The monoisotopic (exact) mass is 497 g/mol. The summed E-state index contributed by atoms with van der Waals surface area (Å²) in [5.41, 5.74) is 3.65. The lowest BCUT2D eigenvalue weighted by Gasteiger charge is -2.39. The van der Waals surface area contributed by atoms with Gasteiger partial charge in [0.2, 0.25) is 0 Å². The molecule has 4 N–H and O–H groups in total. The van der Waals surface area contributed by atoms with E-state index in [0.29, 0.717) is 23.4 Å². The van der Waals surface area contributed by atoms with E-state index in [-0.39, 0.29) is 17.4 Å². The van der Waals surface area contributed by atoms with Crippen molar-refractivity contribution in [2.45, 2.75) is 4.87 Å². The minimum Gasteiger partial charge on any atom is -0.492 e. The number of piperazine rings is 1. The minimum atomic E-state index is -0.585. The third-order valence-corrected chi connectivity index (χ3v) is 7.34. The van der Waals surface area contributed by atoms with Crippen molar-refractivity contribution in [2.24, 2.45) is 0 Å². The second-order valence-electron chi connectivity index (χ2n) is 8.62. The molecule has 2 aliphatic rings. The average Bonchev–Trinajstić information content (AvgIpc) is 3.37. The number of nitrogens with zero attached hydrogens (tertiary/aromatic N) is 2. The number of amides is 2. The molecular weight excluding hydrogens is 466 g/mol. The quantitative estimate of drug-likeness (QED) is 0.236. The zero-order chi connectivity index (χ0) is 24.7. The summed E-state index contributed by atoms with van der Waals surface area (Å²) in [6.07, 6.45) is 2.00. The summed E-state index contributed by atoms with van der Waals surface area (Å²) in [6, 6.07) is 14.1. The van der Waals surface area contributed by atoms with Crippen molar-refractivity contribution in [3.05, 3.63) is 76.8 Å². The van der Waals surface area contributed by atoms with Crippen LogP contribution in [0, 0.1) is 0 Å². The van der Waals surface area contributed by atoms with Crippen molar-refractivity contribution in [3.8, 4) is 5.75 Å². The van der Waals surface area contributed by atoms with Crippen LogP contribution in [0.15, 0.2) is 60.1 Å². The van der Waals surface area contributed by atoms with Crippen molar-refractivity contribution >= 4 is 23.6 Å². The first-order valence-electron chi connectivity index (χ1n) is 11.6. The highest BCUT2D eigenvalue weighted by Crippen LogP contribution is 2.39. The highest BCUT2D eigenvalue weighted by Gasteiger charge is 2.36. The molecule has 10 heteroatoms. The molecule has 1 fully saturated rings. The van der Waals surface area contributed by atoms with E-state index in [9.17, 15) is 9.59 Å². The molecule has 0 radical (unpaired) electrons. The molecule has 2 aromatic rings. The lowest BCUT2D eigenvalue weighted by Crippen LogP contribution is -2.51. The Labute approximate surface area is 209 Å². The molecule has 2 aliphatic heterocycles. The molecule has 1 saturated heterocycles. The number of hydrogen-bond donors (Lipinski definition) is 4. The van der Waals surface area contributed by atoms with Crippen molar-refractivity contribution in [1.29, 1.82) is 0 Å². The second-order valence-corrected chi connectivity index (χ2v) is 9.82. The number of thioether (sulfide) groups is 1. The van der Waals surface area contributed by atoms with Crippen LogP contribution in [0.1, 0.15) is 26.3 Å². The highest BCUT2D eigenvalue weighted by molar-refractivity contribution is 8.03. The number of benzene rings is 2. The molecule has 1 unspecified atom stereocenters. The number of nitrogens with one attached hydrogen (secondary N) is 3. The number of rotatable bonds is 9. The van der Waals surface area contributed by atoms with Gasteiger partial charge in [-0.3, -0.25) is 19.7 Å². The third-order valence-electron chi connectivity index (χ3n) is 6.18. The maximum absolute atomic E-state index is 12.6. The van der Waals surface area contributed by atoms with Crippen LogP contribution in [-0.2, 0) is 4.87 Å².